The fourth-order valence-corrected chi connectivity index (χ4v) is 3.31. The SMILES string of the molecule is CCC(C)(C)NC(=O)[C@H](c1ccccn1)N(C(=O)c1csnn1)c1ccc(C)cc1. The van der Waals surface area contributed by atoms with Crippen molar-refractivity contribution in [1.29, 1.82) is 0 Å². The van der Waals surface area contributed by atoms with E-state index in [1.807, 2.05) is 52.0 Å². The van der Waals surface area contributed by atoms with Gasteiger partial charge >= 0.3 is 0 Å². The number of aromatic nitrogens is 3. The maximum Gasteiger partial charge on any atom is 0.280 e. The van der Waals surface area contributed by atoms with E-state index in [9.17, 15) is 9.59 Å². The molecule has 2 aromatic heterocycles. The molecular weight excluding hydrogens is 398 g/mol. The topological polar surface area (TPSA) is 88.1 Å². The molecule has 2 amide bonds. The van der Waals surface area contributed by atoms with Crippen molar-refractivity contribution in [2.75, 3.05) is 4.90 Å². The number of amides is 2. The van der Waals surface area contributed by atoms with Crippen LogP contribution in [0.5, 0.6) is 0 Å². The first-order valence-electron chi connectivity index (χ1n) is 9.72. The van der Waals surface area contributed by atoms with Crippen molar-refractivity contribution in [3.8, 4) is 0 Å². The lowest BCUT2D eigenvalue weighted by Gasteiger charge is -2.33. The van der Waals surface area contributed by atoms with Crippen LogP contribution < -0.4 is 10.2 Å². The Kier molecular flexibility index (Phi) is 6.56. The predicted molar refractivity (Wildman–Crippen MR) is 117 cm³/mol. The number of carbonyl (C=O) groups excluding carboxylic acids is 2. The molecule has 3 aromatic rings. The van der Waals surface area contributed by atoms with E-state index in [-0.39, 0.29) is 11.6 Å². The fraction of sp³-hybridized carbons (Fsp3) is 0.318. The summed E-state index contributed by atoms with van der Waals surface area (Å²) < 4.78 is 3.81. The molecule has 0 fully saturated rings. The van der Waals surface area contributed by atoms with Gasteiger partial charge in [-0.1, -0.05) is 35.2 Å². The summed E-state index contributed by atoms with van der Waals surface area (Å²) in [5.41, 5.74) is 1.85. The summed E-state index contributed by atoms with van der Waals surface area (Å²) in [6.45, 7) is 7.86. The van der Waals surface area contributed by atoms with E-state index in [1.54, 1.807) is 29.8 Å². The number of pyridine rings is 1. The van der Waals surface area contributed by atoms with Crippen LogP contribution in [-0.2, 0) is 4.79 Å². The number of nitrogens with one attached hydrogen (secondary N) is 1. The molecule has 7 nitrogen and oxygen atoms in total. The Hall–Kier alpha value is -3.13. The molecule has 0 aliphatic heterocycles. The van der Waals surface area contributed by atoms with E-state index in [1.165, 1.54) is 4.90 Å². The van der Waals surface area contributed by atoms with Gasteiger partial charge in [-0.05, 0) is 63.0 Å². The number of aryl methyl sites for hydroxylation is 1. The lowest BCUT2D eigenvalue weighted by molar-refractivity contribution is -0.124. The third kappa shape index (κ3) is 4.88. The van der Waals surface area contributed by atoms with Crippen LogP contribution in [0.3, 0.4) is 0 Å². The van der Waals surface area contributed by atoms with Crippen molar-refractivity contribution in [2.24, 2.45) is 0 Å². The largest absolute Gasteiger partial charge is 0.349 e. The van der Waals surface area contributed by atoms with Crippen LogP contribution in [0, 0.1) is 6.92 Å². The van der Waals surface area contributed by atoms with Crippen molar-refractivity contribution >= 4 is 29.0 Å². The summed E-state index contributed by atoms with van der Waals surface area (Å²) in [4.78, 5) is 32.8. The maximum atomic E-state index is 13.5. The van der Waals surface area contributed by atoms with Crippen molar-refractivity contribution in [1.82, 2.24) is 19.9 Å². The molecule has 0 aliphatic carbocycles. The number of carbonyl (C=O) groups is 2. The average Bonchev–Trinajstić information content (AvgIpc) is 3.27. The van der Waals surface area contributed by atoms with Gasteiger partial charge in [-0.25, -0.2) is 0 Å². The van der Waals surface area contributed by atoms with Gasteiger partial charge in [0.05, 0.1) is 5.69 Å². The monoisotopic (exact) mass is 423 g/mol. The minimum absolute atomic E-state index is 0.184. The molecule has 1 N–H and O–H groups in total. The van der Waals surface area contributed by atoms with Gasteiger partial charge in [-0.2, -0.15) is 0 Å². The molecule has 0 unspecified atom stereocenters. The highest BCUT2D eigenvalue weighted by Crippen LogP contribution is 2.29. The molecule has 8 heteroatoms. The summed E-state index contributed by atoms with van der Waals surface area (Å²) in [6.07, 6.45) is 2.35. The van der Waals surface area contributed by atoms with Crippen LogP contribution in [0.1, 0.15) is 55.0 Å². The van der Waals surface area contributed by atoms with Gasteiger partial charge in [-0.3, -0.25) is 19.5 Å². The van der Waals surface area contributed by atoms with Crippen LogP contribution in [-0.4, -0.2) is 31.9 Å². The minimum Gasteiger partial charge on any atom is -0.349 e. The Labute approximate surface area is 180 Å². The Morgan fingerprint density at radius 2 is 1.90 bits per heavy atom. The zero-order chi connectivity index (χ0) is 21.7. The van der Waals surface area contributed by atoms with Gasteiger partial charge in [0.2, 0.25) is 5.91 Å². The van der Waals surface area contributed by atoms with Gasteiger partial charge in [0, 0.05) is 22.8 Å². The molecule has 0 aliphatic rings. The molecule has 156 valence electrons. The minimum atomic E-state index is -0.964. The van der Waals surface area contributed by atoms with Crippen LogP contribution in [0.15, 0.2) is 54.0 Å². The highest BCUT2D eigenvalue weighted by atomic mass is 32.1. The average molecular weight is 424 g/mol. The van der Waals surface area contributed by atoms with Gasteiger partial charge in [0.25, 0.3) is 5.91 Å². The second-order valence-corrected chi connectivity index (χ2v) is 8.29. The molecule has 0 saturated heterocycles. The lowest BCUT2D eigenvalue weighted by atomic mass is 10.00. The van der Waals surface area contributed by atoms with Gasteiger partial charge in [0.15, 0.2) is 11.7 Å². The van der Waals surface area contributed by atoms with E-state index in [0.717, 1.165) is 23.5 Å². The summed E-state index contributed by atoms with van der Waals surface area (Å²) >= 11 is 1.09. The second kappa shape index (κ2) is 9.13. The van der Waals surface area contributed by atoms with Crippen molar-refractivity contribution < 1.29 is 9.59 Å². The van der Waals surface area contributed by atoms with Gasteiger partial charge in [-0.15, -0.1) is 5.10 Å². The summed E-state index contributed by atoms with van der Waals surface area (Å²) in [7, 11) is 0. The molecule has 0 saturated carbocycles. The Balaban J connectivity index is 2.14. The number of benzene rings is 1. The Bertz CT molecular complexity index is 988. The van der Waals surface area contributed by atoms with Gasteiger partial charge in [0.1, 0.15) is 0 Å². The number of nitrogens with zero attached hydrogens (tertiary/aromatic N) is 4. The van der Waals surface area contributed by atoms with Crippen molar-refractivity contribution in [3.05, 3.63) is 71.0 Å². The number of hydrogen-bond donors (Lipinski definition) is 1. The number of rotatable bonds is 7. The standard InChI is InChI=1S/C22H25N5O2S/c1-5-22(3,4)24-20(28)19(17-8-6-7-13-23-17)27(16-11-9-15(2)10-12-16)21(29)18-14-30-26-25-18/h6-14,19H,5H2,1-4H3,(H,24,28)/t19-/m0/s1. The van der Waals surface area contributed by atoms with Crippen LogP contribution in [0.25, 0.3) is 0 Å². The first-order chi connectivity index (χ1) is 14.3. The molecule has 0 spiro atoms. The molecule has 30 heavy (non-hydrogen) atoms. The van der Waals surface area contributed by atoms with Crippen LogP contribution >= 0.6 is 11.5 Å². The number of anilines is 1. The predicted octanol–water partition coefficient (Wildman–Crippen LogP) is 3.93. The Morgan fingerprint density at radius 1 is 1.17 bits per heavy atom. The lowest BCUT2D eigenvalue weighted by Crippen LogP contribution is -2.50. The maximum absolute atomic E-state index is 13.5. The van der Waals surface area contributed by atoms with E-state index < -0.39 is 17.5 Å². The third-order valence-corrected chi connectivity index (χ3v) is 5.43. The van der Waals surface area contributed by atoms with Crippen LogP contribution in [0.2, 0.25) is 0 Å². The molecular formula is C22H25N5O2S. The van der Waals surface area contributed by atoms with Crippen molar-refractivity contribution in [2.45, 2.75) is 45.7 Å². The first kappa shape index (κ1) is 21.6. The highest BCUT2D eigenvalue weighted by molar-refractivity contribution is 7.03. The normalized spacial score (nSPS) is 12.3. The highest BCUT2D eigenvalue weighted by Gasteiger charge is 2.37. The zero-order valence-corrected chi connectivity index (χ0v) is 18.3. The van der Waals surface area contributed by atoms with Crippen molar-refractivity contribution in [3.63, 3.8) is 0 Å². The summed E-state index contributed by atoms with van der Waals surface area (Å²) in [5, 5.41) is 8.57. The zero-order valence-electron chi connectivity index (χ0n) is 17.5. The first-order valence-corrected chi connectivity index (χ1v) is 10.6. The van der Waals surface area contributed by atoms with E-state index >= 15 is 0 Å². The quantitative estimate of drug-likeness (QED) is 0.622. The molecule has 1 aromatic carbocycles. The van der Waals surface area contributed by atoms with Gasteiger partial charge < -0.3 is 5.32 Å². The van der Waals surface area contributed by atoms with Crippen LogP contribution in [0.4, 0.5) is 5.69 Å². The molecule has 3 rings (SSSR count). The molecule has 0 bridgehead atoms. The Morgan fingerprint density at radius 3 is 2.47 bits per heavy atom. The summed E-state index contributed by atoms with van der Waals surface area (Å²) in [5.74, 6) is -0.717. The van der Waals surface area contributed by atoms with E-state index in [4.69, 9.17) is 0 Å². The molecule has 1 atom stereocenters. The smallest absolute Gasteiger partial charge is 0.280 e. The third-order valence-electron chi connectivity index (χ3n) is 4.93. The fourth-order valence-electron chi connectivity index (χ4n) is 2.88. The number of hydrogen-bond acceptors (Lipinski definition) is 6. The van der Waals surface area contributed by atoms with E-state index in [2.05, 4.69) is 19.9 Å². The summed E-state index contributed by atoms with van der Waals surface area (Å²) in [6, 6.07) is 11.8. The molecule has 0 radical (unpaired) electrons. The second-order valence-electron chi connectivity index (χ2n) is 7.68. The molecule has 2 heterocycles. The van der Waals surface area contributed by atoms with E-state index in [0.29, 0.717) is 11.4 Å².